The molecule has 0 aromatic heterocycles. The third-order valence-electron chi connectivity index (χ3n) is 5.57. The fraction of sp³-hybridized carbons (Fsp3) is 0.417. The van der Waals surface area contributed by atoms with Gasteiger partial charge in [-0.1, -0.05) is 61.0 Å². The molecular weight excluding hydrogens is 334 g/mol. The zero-order valence-electron chi connectivity index (χ0n) is 16.7. The molecule has 3 nitrogen and oxygen atoms in total. The first-order chi connectivity index (χ1) is 13.1. The van der Waals surface area contributed by atoms with E-state index in [2.05, 4.69) is 37.2 Å². The van der Waals surface area contributed by atoms with Gasteiger partial charge in [0.05, 0.1) is 7.11 Å². The zero-order valence-corrected chi connectivity index (χ0v) is 16.7. The maximum absolute atomic E-state index is 12.3. The molecule has 0 heterocycles. The van der Waals surface area contributed by atoms with E-state index in [1.807, 2.05) is 42.5 Å². The van der Waals surface area contributed by atoms with Crippen LogP contribution in [0, 0.1) is 5.92 Å². The first-order valence-corrected chi connectivity index (χ1v) is 9.82. The Morgan fingerprint density at radius 1 is 1.07 bits per heavy atom. The Labute approximate surface area is 163 Å². The first kappa shape index (κ1) is 19.7. The molecule has 0 amide bonds. The predicted octanol–water partition coefficient (Wildman–Crippen LogP) is 4.72. The number of methoxy groups -OCH3 is 1. The molecule has 0 radical (unpaired) electrons. The van der Waals surface area contributed by atoms with Crippen molar-refractivity contribution in [2.24, 2.45) is 5.92 Å². The highest BCUT2D eigenvalue weighted by atomic mass is 16.5. The summed E-state index contributed by atoms with van der Waals surface area (Å²) in [5, 5.41) is 12.3. The van der Waals surface area contributed by atoms with E-state index in [-0.39, 0.29) is 5.92 Å². The van der Waals surface area contributed by atoms with E-state index >= 15 is 0 Å². The van der Waals surface area contributed by atoms with Crippen molar-refractivity contribution in [3.63, 3.8) is 0 Å². The number of para-hydroxylation sites is 1. The lowest BCUT2D eigenvalue weighted by Crippen LogP contribution is -2.41. The van der Waals surface area contributed by atoms with E-state index in [1.54, 1.807) is 7.11 Å². The average Bonchev–Trinajstić information content (AvgIpc) is 2.83. The van der Waals surface area contributed by atoms with E-state index < -0.39 is 5.60 Å². The van der Waals surface area contributed by atoms with Gasteiger partial charge in [-0.25, -0.2) is 0 Å². The molecule has 1 aliphatic carbocycles. The SMILES string of the molecule is COc1ccccc1C1(O)/C(=C\c2ccccc2)CCCCC1CN(C)C. The van der Waals surface area contributed by atoms with Crippen molar-refractivity contribution in [2.45, 2.75) is 31.3 Å². The van der Waals surface area contributed by atoms with Gasteiger partial charge in [0.25, 0.3) is 0 Å². The quantitative estimate of drug-likeness (QED) is 0.778. The first-order valence-electron chi connectivity index (χ1n) is 9.82. The van der Waals surface area contributed by atoms with Crippen LogP contribution in [0.25, 0.3) is 6.08 Å². The number of benzene rings is 2. The molecule has 1 aliphatic rings. The number of rotatable bonds is 5. The molecular formula is C24H31NO2. The molecule has 2 unspecified atom stereocenters. The third-order valence-corrected chi connectivity index (χ3v) is 5.57. The summed E-state index contributed by atoms with van der Waals surface area (Å²) in [7, 11) is 5.84. The minimum Gasteiger partial charge on any atom is -0.496 e. The molecule has 2 aromatic rings. The number of hydrogen-bond donors (Lipinski definition) is 1. The van der Waals surface area contributed by atoms with Crippen LogP contribution < -0.4 is 4.74 Å². The van der Waals surface area contributed by atoms with Crippen molar-refractivity contribution in [3.8, 4) is 5.75 Å². The van der Waals surface area contributed by atoms with E-state index in [1.165, 1.54) is 0 Å². The maximum atomic E-state index is 12.3. The van der Waals surface area contributed by atoms with E-state index in [9.17, 15) is 5.11 Å². The lowest BCUT2D eigenvalue weighted by molar-refractivity contribution is -0.00134. The molecule has 2 atom stereocenters. The van der Waals surface area contributed by atoms with Gasteiger partial charge in [0.1, 0.15) is 11.4 Å². The van der Waals surface area contributed by atoms with Crippen molar-refractivity contribution in [2.75, 3.05) is 27.7 Å². The average molecular weight is 366 g/mol. The lowest BCUT2D eigenvalue weighted by Gasteiger charge is -2.39. The normalized spacial score (nSPS) is 24.8. The summed E-state index contributed by atoms with van der Waals surface area (Å²) in [5.41, 5.74) is 2.06. The van der Waals surface area contributed by atoms with Gasteiger partial charge in [0.15, 0.2) is 0 Å². The predicted molar refractivity (Wildman–Crippen MR) is 112 cm³/mol. The Balaban J connectivity index is 2.18. The van der Waals surface area contributed by atoms with Crippen LogP contribution in [0.5, 0.6) is 5.75 Å². The molecule has 3 rings (SSSR count). The highest BCUT2D eigenvalue weighted by Crippen LogP contribution is 2.47. The summed E-state index contributed by atoms with van der Waals surface area (Å²) < 4.78 is 5.66. The summed E-state index contributed by atoms with van der Waals surface area (Å²) in [4.78, 5) is 2.18. The van der Waals surface area contributed by atoms with Gasteiger partial charge in [0.2, 0.25) is 0 Å². The van der Waals surface area contributed by atoms with Gasteiger partial charge in [-0.15, -0.1) is 0 Å². The number of aliphatic hydroxyl groups is 1. The van der Waals surface area contributed by atoms with Crippen LogP contribution in [0.15, 0.2) is 60.2 Å². The topological polar surface area (TPSA) is 32.7 Å². The highest BCUT2D eigenvalue weighted by molar-refractivity contribution is 5.58. The van der Waals surface area contributed by atoms with Crippen LogP contribution in [0.2, 0.25) is 0 Å². The molecule has 1 N–H and O–H groups in total. The number of hydrogen-bond acceptors (Lipinski definition) is 3. The molecule has 1 saturated carbocycles. The van der Waals surface area contributed by atoms with Crippen LogP contribution >= 0.6 is 0 Å². The van der Waals surface area contributed by atoms with Crippen LogP contribution in [-0.4, -0.2) is 37.8 Å². The van der Waals surface area contributed by atoms with Crippen molar-refractivity contribution in [3.05, 3.63) is 71.3 Å². The largest absolute Gasteiger partial charge is 0.496 e. The Morgan fingerprint density at radius 2 is 1.78 bits per heavy atom. The smallest absolute Gasteiger partial charge is 0.125 e. The lowest BCUT2D eigenvalue weighted by atomic mass is 9.73. The molecule has 0 aliphatic heterocycles. The zero-order chi connectivity index (χ0) is 19.3. The fourth-order valence-corrected chi connectivity index (χ4v) is 4.32. The van der Waals surface area contributed by atoms with Crippen molar-refractivity contribution >= 4 is 6.08 Å². The van der Waals surface area contributed by atoms with E-state index in [0.29, 0.717) is 0 Å². The highest BCUT2D eigenvalue weighted by Gasteiger charge is 2.44. The number of nitrogens with zero attached hydrogens (tertiary/aromatic N) is 1. The third kappa shape index (κ3) is 4.26. The van der Waals surface area contributed by atoms with Crippen molar-refractivity contribution in [1.82, 2.24) is 4.90 Å². The molecule has 27 heavy (non-hydrogen) atoms. The molecule has 2 aromatic carbocycles. The van der Waals surface area contributed by atoms with Crippen LogP contribution in [-0.2, 0) is 5.60 Å². The monoisotopic (exact) mass is 365 g/mol. The minimum absolute atomic E-state index is 0.112. The van der Waals surface area contributed by atoms with Crippen molar-refractivity contribution in [1.29, 1.82) is 0 Å². The molecule has 0 spiro atoms. The second-order valence-electron chi connectivity index (χ2n) is 7.75. The van der Waals surface area contributed by atoms with Gasteiger partial charge in [0, 0.05) is 18.0 Å². The second-order valence-corrected chi connectivity index (χ2v) is 7.75. The molecule has 1 fully saturated rings. The van der Waals surface area contributed by atoms with Crippen molar-refractivity contribution < 1.29 is 9.84 Å². The summed E-state index contributed by atoms with van der Waals surface area (Å²) in [5.74, 6) is 0.867. The Morgan fingerprint density at radius 3 is 2.48 bits per heavy atom. The molecule has 0 bridgehead atoms. The van der Waals surface area contributed by atoms with Gasteiger partial charge in [-0.05, 0) is 50.6 Å². The van der Waals surface area contributed by atoms with Gasteiger partial charge < -0.3 is 14.7 Å². The summed E-state index contributed by atoms with van der Waals surface area (Å²) in [6, 6.07) is 18.2. The standard InChI is InChI=1S/C24H31NO2/c1-25(2)18-21-14-8-7-13-20(17-19-11-5-4-6-12-19)24(21,26)22-15-9-10-16-23(22)27-3/h4-6,9-12,15-17,21,26H,7-8,13-14,18H2,1-3H3/b20-17-. The number of ether oxygens (including phenoxy) is 1. The fourth-order valence-electron chi connectivity index (χ4n) is 4.32. The Kier molecular flexibility index (Phi) is 6.35. The van der Waals surface area contributed by atoms with Crippen LogP contribution in [0.4, 0.5) is 0 Å². The second kappa shape index (κ2) is 8.73. The summed E-state index contributed by atoms with van der Waals surface area (Å²) in [6.45, 7) is 0.834. The summed E-state index contributed by atoms with van der Waals surface area (Å²) >= 11 is 0. The van der Waals surface area contributed by atoms with Gasteiger partial charge in [-0.2, -0.15) is 0 Å². The van der Waals surface area contributed by atoms with E-state index in [0.717, 1.165) is 54.7 Å². The Hall–Kier alpha value is -2.10. The maximum Gasteiger partial charge on any atom is 0.125 e. The summed E-state index contributed by atoms with van der Waals surface area (Å²) in [6.07, 6.45) is 6.30. The molecule has 3 heteroatoms. The van der Waals surface area contributed by atoms with Crippen LogP contribution in [0.3, 0.4) is 0 Å². The minimum atomic E-state index is -1.04. The molecule has 0 saturated heterocycles. The van der Waals surface area contributed by atoms with E-state index in [4.69, 9.17) is 4.74 Å². The van der Waals surface area contributed by atoms with Gasteiger partial charge >= 0.3 is 0 Å². The van der Waals surface area contributed by atoms with Gasteiger partial charge in [-0.3, -0.25) is 0 Å². The Bertz CT molecular complexity index is 769. The van der Waals surface area contributed by atoms with Crippen LogP contribution in [0.1, 0.15) is 36.8 Å². The molecule has 144 valence electrons.